The lowest BCUT2D eigenvalue weighted by Crippen LogP contribution is -2.45. The number of rotatable bonds is 2. The lowest BCUT2D eigenvalue weighted by Gasteiger charge is -2.37. The summed E-state index contributed by atoms with van der Waals surface area (Å²) in [4.78, 5) is 13.2. The number of ether oxygens (including phenoxy) is 1. The van der Waals surface area contributed by atoms with E-state index in [1.54, 1.807) is 0 Å². The number of hydrogen-bond donors (Lipinski definition) is 0. The zero-order valence-corrected chi connectivity index (χ0v) is 10.4. The highest BCUT2D eigenvalue weighted by Gasteiger charge is 2.40. The van der Waals surface area contributed by atoms with E-state index < -0.39 is 5.43 Å². The maximum absolute atomic E-state index is 10.6. The molecule has 0 aliphatic carbocycles. The minimum absolute atomic E-state index is 0. The van der Waals surface area contributed by atoms with Gasteiger partial charge in [-0.15, -0.1) is 12.4 Å². The van der Waals surface area contributed by atoms with Crippen LogP contribution in [-0.2, 0) is 4.74 Å². The molecule has 88 valence electrons. The van der Waals surface area contributed by atoms with Gasteiger partial charge in [-0.25, -0.2) is 4.79 Å². The van der Waals surface area contributed by atoms with Crippen molar-refractivity contribution in [3.63, 3.8) is 0 Å². The van der Waals surface area contributed by atoms with Gasteiger partial charge in [0.2, 0.25) is 0 Å². The number of fused-ring (bicyclic) bond motifs is 2. The van der Waals surface area contributed by atoms with Crippen LogP contribution in [0, 0.1) is 0 Å². The average molecular weight is 254 g/mol. The van der Waals surface area contributed by atoms with Crippen molar-refractivity contribution in [3.8, 4) is 0 Å². The van der Waals surface area contributed by atoms with Gasteiger partial charge in [0.25, 0.3) is 0 Å². The fourth-order valence-corrected chi connectivity index (χ4v) is 3.09. The van der Waals surface area contributed by atoms with Crippen LogP contribution >= 0.6 is 24.0 Å². The molecule has 2 atom stereocenters. The predicted octanol–water partition coefficient (Wildman–Crippen LogP) is 2.80. The minimum Gasteiger partial charge on any atom is -0.450 e. The highest BCUT2D eigenvalue weighted by atomic mass is 35.5. The Morgan fingerprint density at radius 3 is 2.33 bits per heavy atom. The van der Waals surface area contributed by atoms with Gasteiger partial charge in [-0.3, -0.25) is 4.90 Å². The molecule has 0 amide bonds. The van der Waals surface area contributed by atoms with Gasteiger partial charge < -0.3 is 4.74 Å². The average Bonchev–Trinajstić information content (AvgIpc) is 2.36. The Bertz CT molecular complexity index is 223. The second-order valence-electron chi connectivity index (χ2n) is 4.16. The SMILES string of the molecule is CCN1C2CCC1CC(OC(=O)Cl)C2.Cl. The fourth-order valence-electron chi connectivity index (χ4n) is 2.97. The topological polar surface area (TPSA) is 29.5 Å². The smallest absolute Gasteiger partial charge is 0.404 e. The van der Waals surface area contributed by atoms with E-state index in [9.17, 15) is 4.79 Å². The third-order valence-corrected chi connectivity index (χ3v) is 3.55. The summed E-state index contributed by atoms with van der Waals surface area (Å²) < 4.78 is 5.06. The molecule has 2 heterocycles. The lowest BCUT2D eigenvalue weighted by atomic mass is 10.00. The van der Waals surface area contributed by atoms with Crippen LogP contribution in [0.2, 0.25) is 0 Å². The molecule has 0 aromatic carbocycles. The normalized spacial score (nSPS) is 34.7. The van der Waals surface area contributed by atoms with E-state index in [0.29, 0.717) is 12.1 Å². The van der Waals surface area contributed by atoms with Crippen LogP contribution in [0.3, 0.4) is 0 Å². The van der Waals surface area contributed by atoms with E-state index in [4.69, 9.17) is 16.3 Å². The Morgan fingerprint density at radius 2 is 1.93 bits per heavy atom. The standard InChI is InChI=1S/C10H16ClNO2.ClH/c1-2-12-7-3-4-8(12)6-9(5-7)14-10(11)13;/h7-9H,2-6H2,1H3;1H. The maximum Gasteiger partial charge on any atom is 0.404 e. The van der Waals surface area contributed by atoms with Gasteiger partial charge in [0, 0.05) is 36.5 Å². The zero-order valence-electron chi connectivity index (χ0n) is 8.82. The summed E-state index contributed by atoms with van der Waals surface area (Å²) in [5.74, 6) is 0. The second-order valence-corrected chi connectivity index (χ2v) is 4.47. The molecule has 2 fully saturated rings. The summed E-state index contributed by atoms with van der Waals surface area (Å²) in [6.07, 6.45) is 4.47. The van der Waals surface area contributed by atoms with Crippen LogP contribution in [-0.4, -0.2) is 35.1 Å². The van der Waals surface area contributed by atoms with Crippen molar-refractivity contribution in [2.45, 2.75) is 50.8 Å². The lowest BCUT2D eigenvalue weighted by molar-refractivity contribution is 0.0305. The highest BCUT2D eigenvalue weighted by molar-refractivity contribution is 6.61. The van der Waals surface area contributed by atoms with Crippen LogP contribution in [0.4, 0.5) is 4.79 Å². The molecule has 0 radical (unpaired) electrons. The van der Waals surface area contributed by atoms with Crippen molar-refractivity contribution in [2.75, 3.05) is 6.54 Å². The maximum atomic E-state index is 10.6. The van der Waals surface area contributed by atoms with Gasteiger partial charge in [0.1, 0.15) is 6.10 Å². The summed E-state index contributed by atoms with van der Waals surface area (Å²) in [6.45, 7) is 3.30. The molecule has 5 heteroatoms. The van der Waals surface area contributed by atoms with Gasteiger partial charge in [-0.05, 0) is 19.4 Å². The first-order valence-corrected chi connectivity index (χ1v) is 5.70. The molecule has 0 N–H and O–H groups in total. The molecule has 0 aromatic rings. The Labute approximate surface area is 102 Å². The van der Waals surface area contributed by atoms with E-state index in [-0.39, 0.29) is 18.5 Å². The van der Waals surface area contributed by atoms with E-state index in [1.807, 2.05) is 0 Å². The molecule has 2 bridgehead atoms. The van der Waals surface area contributed by atoms with Crippen molar-refractivity contribution in [2.24, 2.45) is 0 Å². The first-order valence-electron chi connectivity index (χ1n) is 5.32. The first-order chi connectivity index (χ1) is 6.70. The largest absolute Gasteiger partial charge is 0.450 e. The molecule has 2 aliphatic rings. The number of carbonyl (C=O) groups excluding carboxylic acids is 1. The van der Waals surface area contributed by atoms with Crippen molar-refractivity contribution in [3.05, 3.63) is 0 Å². The quantitative estimate of drug-likeness (QED) is 0.709. The number of halogens is 2. The van der Waals surface area contributed by atoms with Crippen molar-refractivity contribution in [1.29, 1.82) is 0 Å². The number of nitrogens with zero attached hydrogens (tertiary/aromatic N) is 1. The van der Waals surface area contributed by atoms with E-state index in [0.717, 1.165) is 19.4 Å². The molecule has 0 aromatic heterocycles. The molecule has 2 aliphatic heterocycles. The molecule has 2 rings (SSSR count). The Morgan fingerprint density at radius 1 is 1.40 bits per heavy atom. The molecular formula is C10H17Cl2NO2. The number of carbonyl (C=O) groups is 1. The third kappa shape index (κ3) is 2.77. The van der Waals surface area contributed by atoms with Crippen LogP contribution in [0.15, 0.2) is 0 Å². The summed E-state index contributed by atoms with van der Waals surface area (Å²) in [5, 5.41) is 0. The minimum atomic E-state index is -0.653. The van der Waals surface area contributed by atoms with Gasteiger partial charge in [-0.2, -0.15) is 0 Å². The first kappa shape index (κ1) is 13.1. The van der Waals surface area contributed by atoms with Gasteiger partial charge in [-0.1, -0.05) is 6.92 Å². The number of piperidine rings is 1. The highest BCUT2D eigenvalue weighted by Crippen LogP contribution is 2.36. The zero-order chi connectivity index (χ0) is 10.1. The van der Waals surface area contributed by atoms with Gasteiger partial charge in [0.05, 0.1) is 0 Å². The van der Waals surface area contributed by atoms with Crippen LogP contribution < -0.4 is 0 Å². The fraction of sp³-hybridized carbons (Fsp3) is 0.900. The molecule has 0 saturated carbocycles. The summed E-state index contributed by atoms with van der Waals surface area (Å²) >= 11 is 5.22. The molecule has 15 heavy (non-hydrogen) atoms. The van der Waals surface area contributed by atoms with E-state index >= 15 is 0 Å². The Hall–Kier alpha value is 0.01000. The Kier molecular flexibility index (Phi) is 4.68. The third-order valence-electron chi connectivity index (χ3n) is 3.47. The Balaban J connectivity index is 0.00000112. The summed E-state index contributed by atoms with van der Waals surface area (Å²) in [7, 11) is 0. The molecule has 0 spiro atoms. The van der Waals surface area contributed by atoms with Gasteiger partial charge in [0.15, 0.2) is 0 Å². The molecule has 2 saturated heterocycles. The van der Waals surface area contributed by atoms with Gasteiger partial charge >= 0.3 is 5.43 Å². The van der Waals surface area contributed by atoms with Crippen molar-refractivity contribution >= 4 is 29.4 Å². The second kappa shape index (κ2) is 5.37. The molecule has 3 nitrogen and oxygen atoms in total. The predicted molar refractivity (Wildman–Crippen MR) is 61.8 cm³/mol. The summed E-state index contributed by atoms with van der Waals surface area (Å²) in [6, 6.07) is 1.22. The van der Waals surface area contributed by atoms with Crippen molar-refractivity contribution in [1.82, 2.24) is 4.90 Å². The van der Waals surface area contributed by atoms with Crippen molar-refractivity contribution < 1.29 is 9.53 Å². The van der Waals surface area contributed by atoms with E-state index in [2.05, 4.69) is 11.8 Å². The number of hydrogen-bond acceptors (Lipinski definition) is 3. The van der Waals surface area contributed by atoms with Crippen LogP contribution in [0.5, 0.6) is 0 Å². The summed E-state index contributed by atoms with van der Waals surface area (Å²) in [5.41, 5.74) is -0.653. The molecular weight excluding hydrogens is 237 g/mol. The molecule has 2 unspecified atom stereocenters. The van der Waals surface area contributed by atoms with E-state index in [1.165, 1.54) is 12.8 Å². The van der Waals surface area contributed by atoms with Crippen LogP contribution in [0.1, 0.15) is 32.6 Å². The van der Waals surface area contributed by atoms with Crippen LogP contribution in [0.25, 0.3) is 0 Å². The monoisotopic (exact) mass is 253 g/mol.